The van der Waals surface area contributed by atoms with Crippen LogP contribution in [0.1, 0.15) is 54.9 Å². The number of benzene rings is 3. The molecule has 3 aromatic rings. The molecule has 174 valence electrons. The molecule has 0 bridgehead atoms. The van der Waals surface area contributed by atoms with E-state index in [1.54, 1.807) is 12.1 Å². The predicted octanol–water partition coefficient (Wildman–Crippen LogP) is 7.67. The summed E-state index contributed by atoms with van der Waals surface area (Å²) in [5.74, 6) is 1.31. The number of hydrogen-bond acceptors (Lipinski definition) is 3. The Kier molecular flexibility index (Phi) is 10.3. The first-order valence-electron chi connectivity index (χ1n) is 11.7. The first-order valence-corrected chi connectivity index (χ1v) is 12.5. The molecule has 0 atom stereocenters. The van der Waals surface area contributed by atoms with E-state index in [-0.39, 0.29) is 5.91 Å². The fourth-order valence-corrected chi connectivity index (χ4v) is 3.94. The molecule has 0 aromatic heterocycles. The van der Waals surface area contributed by atoms with Crippen molar-refractivity contribution in [1.82, 2.24) is 0 Å². The van der Waals surface area contributed by atoms with Crippen LogP contribution in [0.2, 0.25) is 0 Å². The average molecular weight is 510 g/mol. The lowest BCUT2D eigenvalue weighted by Gasteiger charge is -2.11. The van der Waals surface area contributed by atoms with E-state index < -0.39 is 0 Å². The standard InChI is InChI=1S/C28H32BrNO3/c1-2-3-4-5-9-18-32-25-14-10-13-24(21-25)30-28(31)23-15-16-27(26(29)20-23)33-19-17-22-11-7-6-8-12-22/h6-8,10-16,20-21H,2-5,9,17-19H2,1H3,(H,30,31). The smallest absolute Gasteiger partial charge is 0.255 e. The van der Waals surface area contributed by atoms with Crippen molar-refractivity contribution in [2.75, 3.05) is 18.5 Å². The molecule has 1 N–H and O–H groups in total. The highest BCUT2D eigenvalue weighted by Crippen LogP contribution is 2.27. The number of hydrogen-bond donors (Lipinski definition) is 1. The van der Waals surface area contributed by atoms with Gasteiger partial charge in [-0.15, -0.1) is 0 Å². The number of amides is 1. The first-order chi connectivity index (χ1) is 16.2. The van der Waals surface area contributed by atoms with Gasteiger partial charge in [0.2, 0.25) is 0 Å². The summed E-state index contributed by atoms with van der Waals surface area (Å²) in [7, 11) is 0. The van der Waals surface area contributed by atoms with E-state index in [1.165, 1.54) is 31.2 Å². The SMILES string of the molecule is CCCCCCCOc1cccc(NC(=O)c2ccc(OCCc3ccccc3)c(Br)c2)c1. The Balaban J connectivity index is 1.49. The molecule has 4 nitrogen and oxygen atoms in total. The van der Waals surface area contributed by atoms with Crippen LogP contribution in [0.25, 0.3) is 0 Å². The number of carbonyl (C=O) groups excluding carboxylic acids is 1. The van der Waals surface area contributed by atoms with Gasteiger partial charge in [-0.05, 0) is 58.2 Å². The Hall–Kier alpha value is -2.79. The maximum Gasteiger partial charge on any atom is 0.255 e. The van der Waals surface area contributed by atoms with Crippen LogP contribution in [0.4, 0.5) is 5.69 Å². The largest absolute Gasteiger partial charge is 0.494 e. The Morgan fingerprint density at radius 2 is 1.67 bits per heavy atom. The molecule has 0 heterocycles. The Morgan fingerprint density at radius 1 is 0.848 bits per heavy atom. The summed E-state index contributed by atoms with van der Waals surface area (Å²) in [6, 6.07) is 23.1. The monoisotopic (exact) mass is 509 g/mol. The summed E-state index contributed by atoms with van der Waals surface area (Å²) in [6.07, 6.45) is 6.83. The second-order valence-electron chi connectivity index (χ2n) is 7.97. The zero-order chi connectivity index (χ0) is 23.3. The van der Waals surface area contributed by atoms with E-state index in [1.807, 2.05) is 48.5 Å². The summed E-state index contributed by atoms with van der Waals surface area (Å²) in [4.78, 5) is 12.7. The van der Waals surface area contributed by atoms with Crippen molar-refractivity contribution in [2.45, 2.75) is 45.4 Å². The second-order valence-corrected chi connectivity index (χ2v) is 8.83. The number of anilines is 1. The molecule has 0 saturated heterocycles. The van der Waals surface area contributed by atoms with Gasteiger partial charge in [-0.3, -0.25) is 4.79 Å². The lowest BCUT2D eigenvalue weighted by atomic mass is 10.1. The van der Waals surface area contributed by atoms with Crippen molar-refractivity contribution in [3.63, 3.8) is 0 Å². The maximum atomic E-state index is 12.7. The van der Waals surface area contributed by atoms with Crippen LogP contribution >= 0.6 is 15.9 Å². The molecule has 3 rings (SSSR count). The van der Waals surface area contributed by atoms with Gasteiger partial charge in [0.05, 0.1) is 17.7 Å². The minimum atomic E-state index is -0.178. The van der Waals surface area contributed by atoms with Crippen molar-refractivity contribution in [2.24, 2.45) is 0 Å². The van der Waals surface area contributed by atoms with Crippen LogP contribution in [0.5, 0.6) is 11.5 Å². The van der Waals surface area contributed by atoms with Crippen molar-refractivity contribution >= 4 is 27.5 Å². The van der Waals surface area contributed by atoms with Crippen LogP contribution in [0.15, 0.2) is 77.3 Å². The molecule has 0 fully saturated rings. The average Bonchev–Trinajstić information content (AvgIpc) is 2.83. The Bertz CT molecular complexity index is 1010. The van der Waals surface area contributed by atoms with Gasteiger partial charge in [0.1, 0.15) is 11.5 Å². The first kappa shape index (κ1) is 24.8. The molecule has 0 spiro atoms. The molecule has 0 aliphatic rings. The van der Waals surface area contributed by atoms with Gasteiger partial charge >= 0.3 is 0 Å². The summed E-state index contributed by atoms with van der Waals surface area (Å²) in [6.45, 7) is 3.48. The van der Waals surface area contributed by atoms with Gasteiger partial charge in [-0.2, -0.15) is 0 Å². The number of rotatable bonds is 13. The van der Waals surface area contributed by atoms with E-state index in [0.717, 1.165) is 28.8 Å². The number of halogens is 1. The molecule has 5 heteroatoms. The molecule has 33 heavy (non-hydrogen) atoms. The second kappa shape index (κ2) is 13.7. The van der Waals surface area contributed by atoms with Crippen LogP contribution in [0.3, 0.4) is 0 Å². The minimum Gasteiger partial charge on any atom is -0.494 e. The van der Waals surface area contributed by atoms with Gasteiger partial charge in [0, 0.05) is 23.7 Å². The fraction of sp³-hybridized carbons (Fsp3) is 0.321. The molecule has 0 aliphatic carbocycles. The van der Waals surface area contributed by atoms with E-state index in [9.17, 15) is 4.79 Å². The predicted molar refractivity (Wildman–Crippen MR) is 138 cm³/mol. The van der Waals surface area contributed by atoms with Crippen LogP contribution < -0.4 is 14.8 Å². The van der Waals surface area contributed by atoms with E-state index in [4.69, 9.17) is 9.47 Å². The van der Waals surface area contributed by atoms with Gasteiger partial charge in [0.15, 0.2) is 0 Å². The van der Waals surface area contributed by atoms with Crippen molar-refractivity contribution in [1.29, 1.82) is 0 Å². The van der Waals surface area contributed by atoms with Crippen LogP contribution in [-0.2, 0) is 6.42 Å². The molecule has 1 amide bonds. The van der Waals surface area contributed by atoms with Crippen LogP contribution in [-0.4, -0.2) is 19.1 Å². The summed E-state index contributed by atoms with van der Waals surface area (Å²) >= 11 is 3.52. The molecular formula is C28H32BrNO3. The number of carbonyl (C=O) groups is 1. The quantitative estimate of drug-likeness (QED) is 0.240. The van der Waals surface area contributed by atoms with Gasteiger partial charge in [-0.1, -0.05) is 69.0 Å². The van der Waals surface area contributed by atoms with Crippen molar-refractivity contribution < 1.29 is 14.3 Å². The topological polar surface area (TPSA) is 47.6 Å². The number of nitrogens with one attached hydrogen (secondary N) is 1. The van der Waals surface area contributed by atoms with Crippen molar-refractivity contribution in [3.8, 4) is 11.5 Å². The van der Waals surface area contributed by atoms with E-state index in [0.29, 0.717) is 24.5 Å². The van der Waals surface area contributed by atoms with Gasteiger partial charge in [-0.25, -0.2) is 0 Å². The highest BCUT2D eigenvalue weighted by atomic mass is 79.9. The fourth-order valence-electron chi connectivity index (χ4n) is 3.45. The highest BCUT2D eigenvalue weighted by molar-refractivity contribution is 9.10. The third-order valence-corrected chi connectivity index (χ3v) is 5.91. The zero-order valence-corrected chi connectivity index (χ0v) is 20.8. The number of ether oxygens (including phenoxy) is 2. The Morgan fingerprint density at radius 3 is 2.45 bits per heavy atom. The molecular weight excluding hydrogens is 478 g/mol. The Labute approximate surface area is 205 Å². The highest BCUT2D eigenvalue weighted by Gasteiger charge is 2.10. The lowest BCUT2D eigenvalue weighted by molar-refractivity contribution is 0.102. The maximum absolute atomic E-state index is 12.7. The minimum absolute atomic E-state index is 0.178. The summed E-state index contributed by atoms with van der Waals surface area (Å²) < 4.78 is 12.5. The van der Waals surface area contributed by atoms with Crippen molar-refractivity contribution in [3.05, 3.63) is 88.4 Å². The molecule has 0 aliphatic heterocycles. The zero-order valence-electron chi connectivity index (χ0n) is 19.2. The third-order valence-electron chi connectivity index (χ3n) is 5.29. The molecule has 3 aromatic carbocycles. The van der Waals surface area contributed by atoms with E-state index >= 15 is 0 Å². The molecule has 0 saturated carbocycles. The lowest BCUT2D eigenvalue weighted by Crippen LogP contribution is -2.12. The summed E-state index contributed by atoms with van der Waals surface area (Å²) in [5, 5.41) is 2.95. The summed E-state index contributed by atoms with van der Waals surface area (Å²) in [5.41, 5.74) is 2.50. The van der Waals surface area contributed by atoms with Crippen LogP contribution in [0, 0.1) is 0 Å². The van der Waals surface area contributed by atoms with Gasteiger partial charge < -0.3 is 14.8 Å². The number of unbranched alkanes of at least 4 members (excludes halogenated alkanes) is 4. The normalized spacial score (nSPS) is 10.6. The van der Waals surface area contributed by atoms with Gasteiger partial charge in [0.25, 0.3) is 5.91 Å². The molecule has 0 unspecified atom stereocenters. The van der Waals surface area contributed by atoms with E-state index in [2.05, 4.69) is 40.3 Å². The molecule has 0 radical (unpaired) electrons. The third kappa shape index (κ3) is 8.58.